The molecule has 2 rings (SSSR count). The normalized spacial score (nSPS) is 23.0. The van der Waals surface area contributed by atoms with E-state index in [1.54, 1.807) is 31.2 Å². The Labute approximate surface area is 138 Å². The maximum atomic E-state index is 12.0. The molecule has 116 valence electrons. The third-order valence-corrected chi connectivity index (χ3v) is 4.74. The maximum Gasteiger partial charge on any atom is 0.315 e. The van der Waals surface area contributed by atoms with E-state index >= 15 is 0 Å². The highest BCUT2D eigenvalue weighted by molar-refractivity contribution is 6.53. The Hall–Kier alpha value is -1.77. The number of nitriles is 1. The van der Waals surface area contributed by atoms with E-state index in [0.29, 0.717) is 17.7 Å². The number of rotatable bonds is 4. The third-order valence-electron chi connectivity index (χ3n) is 3.64. The van der Waals surface area contributed by atoms with Gasteiger partial charge in [0.15, 0.2) is 6.10 Å². The molecule has 1 amide bonds. The number of hydrogen-bond acceptors (Lipinski definition) is 4. The Morgan fingerprint density at radius 3 is 2.36 bits per heavy atom. The summed E-state index contributed by atoms with van der Waals surface area (Å²) in [4.78, 5) is 24.0. The Morgan fingerprint density at radius 1 is 1.36 bits per heavy atom. The highest BCUT2D eigenvalue weighted by Gasteiger charge is 2.69. The molecule has 5 nitrogen and oxygen atoms in total. The van der Waals surface area contributed by atoms with Crippen LogP contribution in [0.3, 0.4) is 0 Å². The predicted molar refractivity (Wildman–Crippen MR) is 82.5 cm³/mol. The van der Waals surface area contributed by atoms with Crippen LogP contribution < -0.4 is 5.32 Å². The molecule has 0 aliphatic heterocycles. The molecule has 22 heavy (non-hydrogen) atoms. The summed E-state index contributed by atoms with van der Waals surface area (Å²) >= 11 is 11.8. The molecule has 1 aromatic rings. The molecule has 2 atom stereocenters. The van der Waals surface area contributed by atoms with Crippen LogP contribution in [0.4, 0.5) is 5.69 Å². The van der Waals surface area contributed by atoms with Crippen LogP contribution in [0.1, 0.15) is 25.8 Å². The van der Waals surface area contributed by atoms with E-state index in [1.807, 2.05) is 6.07 Å². The summed E-state index contributed by atoms with van der Waals surface area (Å²) in [5.41, 5.74) is 0.0206. The summed E-state index contributed by atoms with van der Waals surface area (Å²) in [7, 11) is 0. The Bertz CT molecular complexity index is 652. The number of esters is 1. The molecule has 1 fully saturated rings. The molecular weight excluding hydrogens is 327 g/mol. The van der Waals surface area contributed by atoms with E-state index in [9.17, 15) is 9.59 Å². The van der Waals surface area contributed by atoms with Crippen LogP contribution in [-0.4, -0.2) is 22.3 Å². The van der Waals surface area contributed by atoms with E-state index in [-0.39, 0.29) is 0 Å². The number of halogens is 2. The Kier molecular flexibility index (Phi) is 4.37. The fourth-order valence-corrected chi connectivity index (χ4v) is 2.53. The van der Waals surface area contributed by atoms with Gasteiger partial charge in [-0.1, -0.05) is 0 Å². The zero-order valence-electron chi connectivity index (χ0n) is 12.0. The first-order chi connectivity index (χ1) is 10.2. The summed E-state index contributed by atoms with van der Waals surface area (Å²) in [6.07, 6.45) is -0.684. The minimum absolute atomic E-state index is 0.298. The van der Waals surface area contributed by atoms with Gasteiger partial charge in [0, 0.05) is 12.1 Å². The van der Waals surface area contributed by atoms with Gasteiger partial charge in [0.05, 0.1) is 11.6 Å². The van der Waals surface area contributed by atoms with Crippen molar-refractivity contribution in [3.05, 3.63) is 29.8 Å². The second-order valence-electron chi connectivity index (χ2n) is 5.44. The largest absolute Gasteiger partial charge is 0.452 e. The lowest BCUT2D eigenvalue weighted by molar-refractivity contribution is -0.158. The SMILES string of the molecule is C[C@@H](OC(=O)[C@]1(C)CC1(Cl)Cl)C(=O)Nc1ccc(C#N)cc1. The van der Waals surface area contributed by atoms with Crippen LogP contribution in [-0.2, 0) is 14.3 Å². The van der Waals surface area contributed by atoms with Crippen molar-refractivity contribution < 1.29 is 14.3 Å². The zero-order chi connectivity index (χ0) is 16.5. The van der Waals surface area contributed by atoms with Crippen molar-refractivity contribution in [2.75, 3.05) is 5.32 Å². The number of anilines is 1. The van der Waals surface area contributed by atoms with Crippen LogP contribution in [0.5, 0.6) is 0 Å². The minimum Gasteiger partial charge on any atom is -0.452 e. The molecule has 1 aliphatic rings. The van der Waals surface area contributed by atoms with E-state index in [4.69, 9.17) is 33.2 Å². The predicted octanol–water partition coefficient (Wildman–Crippen LogP) is 3.01. The van der Waals surface area contributed by atoms with Gasteiger partial charge < -0.3 is 10.1 Å². The average molecular weight is 341 g/mol. The van der Waals surface area contributed by atoms with E-state index < -0.39 is 27.7 Å². The quantitative estimate of drug-likeness (QED) is 0.674. The fraction of sp³-hybridized carbons (Fsp3) is 0.400. The smallest absolute Gasteiger partial charge is 0.315 e. The zero-order valence-corrected chi connectivity index (χ0v) is 13.5. The first-order valence-electron chi connectivity index (χ1n) is 6.59. The van der Waals surface area contributed by atoms with Gasteiger partial charge in [0.2, 0.25) is 0 Å². The standard InChI is InChI=1S/C15H14Cl2N2O3/c1-9(22-13(21)14(2)8-15(14,16)17)12(20)19-11-5-3-10(7-18)4-6-11/h3-6,9H,8H2,1-2H3,(H,19,20)/t9-,14+/m1/s1. The molecule has 0 heterocycles. The molecule has 1 N–H and O–H groups in total. The number of nitrogens with one attached hydrogen (secondary N) is 1. The van der Waals surface area contributed by atoms with Gasteiger partial charge >= 0.3 is 5.97 Å². The molecule has 7 heteroatoms. The molecule has 1 aliphatic carbocycles. The summed E-state index contributed by atoms with van der Waals surface area (Å²) < 4.78 is 3.99. The number of amides is 1. The topological polar surface area (TPSA) is 79.2 Å². The maximum absolute atomic E-state index is 12.0. The van der Waals surface area contributed by atoms with Gasteiger partial charge in [-0.05, 0) is 38.1 Å². The fourth-order valence-electron chi connectivity index (χ4n) is 1.84. The molecule has 0 radical (unpaired) electrons. The highest BCUT2D eigenvalue weighted by Crippen LogP contribution is 2.64. The van der Waals surface area contributed by atoms with Crippen molar-refractivity contribution >= 4 is 40.8 Å². The number of hydrogen-bond donors (Lipinski definition) is 1. The number of alkyl halides is 2. The Morgan fingerprint density at radius 2 is 1.91 bits per heavy atom. The van der Waals surface area contributed by atoms with Crippen LogP contribution in [0, 0.1) is 16.7 Å². The van der Waals surface area contributed by atoms with Gasteiger partial charge in [0.25, 0.3) is 5.91 Å². The second kappa shape index (κ2) is 5.79. The number of benzene rings is 1. The average Bonchev–Trinajstić information content (AvgIpc) is 2.99. The lowest BCUT2D eigenvalue weighted by atomic mass is 10.1. The molecule has 0 aromatic heterocycles. The first kappa shape index (κ1) is 16.6. The third kappa shape index (κ3) is 3.18. The molecule has 0 spiro atoms. The molecule has 0 saturated heterocycles. The van der Waals surface area contributed by atoms with Crippen LogP contribution in [0.2, 0.25) is 0 Å². The van der Waals surface area contributed by atoms with E-state index in [1.165, 1.54) is 6.92 Å². The second-order valence-corrected chi connectivity index (χ2v) is 6.92. The van der Waals surface area contributed by atoms with Crippen molar-refractivity contribution in [3.8, 4) is 6.07 Å². The molecule has 1 aromatic carbocycles. The monoisotopic (exact) mass is 340 g/mol. The van der Waals surface area contributed by atoms with Gasteiger partial charge in [-0.15, -0.1) is 23.2 Å². The summed E-state index contributed by atoms with van der Waals surface area (Å²) in [6.45, 7) is 3.06. The number of nitrogens with zero attached hydrogens (tertiary/aromatic N) is 1. The summed E-state index contributed by atoms with van der Waals surface area (Å²) in [5.74, 6) is -1.07. The van der Waals surface area contributed by atoms with Crippen LogP contribution in [0.15, 0.2) is 24.3 Å². The molecule has 0 unspecified atom stereocenters. The van der Waals surface area contributed by atoms with Crippen molar-refractivity contribution in [1.82, 2.24) is 0 Å². The number of ether oxygens (including phenoxy) is 1. The number of carbonyl (C=O) groups excluding carboxylic acids is 2. The van der Waals surface area contributed by atoms with Gasteiger partial charge in [-0.3, -0.25) is 9.59 Å². The lowest BCUT2D eigenvalue weighted by Gasteiger charge is -2.17. The van der Waals surface area contributed by atoms with Crippen LogP contribution >= 0.6 is 23.2 Å². The minimum atomic E-state index is -1.13. The van der Waals surface area contributed by atoms with Crippen LogP contribution in [0.25, 0.3) is 0 Å². The van der Waals surface area contributed by atoms with E-state index in [2.05, 4.69) is 5.32 Å². The van der Waals surface area contributed by atoms with Crippen molar-refractivity contribution in [2.24, 2.45) is 5.41 Å². The summed E-state index contributed by atoms with van der Waals surface area (Å²) in [5, 5.41) is 11.3. The highest BCUT2D eigenvalue weighted by atomic mass is 35.5. The summed E-state index contributed by atoms with van der Waals surface area (Å²) in [6, 6.07) is 8.32. The molecular formula is C15H14Cl2N2O3. The molecule has 0 bridgehead atoms. The lowest BCUT2D eigenvalue weighted by Crippen LogP contribution is -2.33. The Balaban J connectivity index is 1.92. The van der Waals surface area contributed by atoms with E-state index in [0.717, 1.165) is 0 Å². The van der Waals surface area contributed by atoms with Gasteiger partial charge in [0.1, 0.15) is 9.75 Å². The van der Waals surface area contributed by atoms with Crippen molar-refractivity contribution in [3.63, 3.8) is 0 Å². The van der Waals surface area contributed by atoms with Crippen molar-refractivity contribution in [1.29, 1.82) is 5.26 Å². The molecule has 1 saturated carbocycles. The number of carbonyl (C=O) groups is 2. The van der Waals surface area contributed by atoms with Gasteiger partial charge in [-0.25, -0.2) is 0 Å². The van der Waals surface area contributed by atoms with Crippen molar-refractivity contribution in [2.45, 2.75) is 30.7 Å². The first-order valence-corrected chi connectivity index (χ1v) is 7.35. The van der Waals surface area contributed by atoms with Gasteiger partial charge in [-0.2, -0.15) is 5.26 Å².